The second-order valence-corrected chi connectivity index (χ2v) is 14.3. The van der Waals surface area contributed by atoms with Crippen LogP contribution in [0.1, 0.15) is 85.8 Å². The second kappa shape index (κ2) is 13.7. The van der Waals surface area contributed by atoms with Crippen LogP contribution in [-0.2, 0) is 42.9 Å². The highest BCUT2D eigenvalue weighted by atomic mass is 16.6. The first-order valence-corrected chi connectivity index (χ1v) is 16.3. The van der Waals surface area contributed by atoms with Crippen molar-refractivity contribution in [3.05, 3.63) is 59.2 Å². The van der Waals surface area contributed by atoms with E-state index < -0.39 is 71.0 Å². The van der Waals surface area contributed by atoms with Crippen LogP contribution in [0, 0.1) is 22.7 Å². The van der Waals surface area contributed by atoms with Crippen LogP contribution in [0.2, 0.25) is 0 Å². The van der Waals surface area contributed by atoms with E-state index in [9.17, 15) is 24.0 Å². The lowest BCUT2D eigenvalue weighted by molar-refractivity contribution is -0.202. The van der Waals surface area contributed by atoms with E-state index in [0.717, 1.165) is 5.56 Å². The molecule has 2 bridgehead atoms. The fourth-order valence-corrected chi connectivity index (χ4v) is 8.38. The van der Waals surface area contributed by atoms with Crippen LogP contribution >= 0.6 is 0 Å². The monoisotopic (exact) mass is 651 g/mol. The number of ketones is 1. The van der Waals surface area contributed by atoms with Gasteiger partial charge in [-0.3, -0.25) is 24.0 Å². The Morgan fingerprint density at radius 1 is 0.936 bits per heavy atom. The second-order valence-electron chi connectivity index (χ2n) is 14.3. The number of carbonyl (C=O) groups is 5. The number of Topliss-reactive ketones (excluding diaryl/α,β-unsaturated/α-hetero) is 1. The number of esters is 4. The molecule has 2 fully saturated rings. The zero-order chi connectivity index (χ0) is 35.0. The summed E-state index contributed by atoms with van der Waals surface area (Å²) in [6.45, 7) is 15.8. The number of carbonyl (C=O) groups excluding carboxylic acids is 5. The molecule has 0 heterocycles. The van der Waals surface area contributed by atoms with Crippen molar-refractivity contribution in [3.63, 3.8) is 0 Å². The Morgan fingerprint density at radius 3 is 2.09 bits per heavy atom. The molecule has 2 saturated carbocycles. The third-order valence-corrected chi connectivity index (χ3v) is 10.6. The predicted octanol–water partition coefficient (Wildman–Crippen LogP) is 5.30. The molecule has 47 heavy (non-hydrogen) atoms. The summed E-state index contributed by atoms with van der Waals surface area (Å²) in [7, 11) is 3.81. The summed E-state index contributed by atoms with van der Waals surface area (Å²) in [5.74, 6) is -3.59. The molecule has 0 aliphatic heterocycles. The summed E-state index contributed by atoms with van der Waals surface area (Å²) in [4.78, 5) is 67.3. The number of fused-ring (bicyclic) bond motifs is 3. The first-order chi connectivity index (χ1) is 21.9. The van der Waals surface area contributed by atoms with E-state index in [1.54, 1.807) is 6.92 Å². The quantitative estimate of drug-likeness (QED) is 0.208. The van der Waals surface area contributed by atoms with Crippen LogP contribution in [0.5, 0.6) is 0 Å². The van der Waals surface area contributed by atoms with Gasteiger partial charge in [-0.25, -0.2) is 0 Å². The van der Waals surface area contributed by atoms with Gasteiger partial charge in [0.1, 0.15) is 18.3 Å². The molecule has 10 heteroatoms. The van der Waals surface area contributed by atoms with Gasteiger partial charge >= 0.3 is 23.9 Å². The Balaban J connectivity index is 1.83. The summed E-state index contributed by atoms with van der Waals surface area (Å²) in [5, 5.41) is 0. The van der Waals surface area contributed by atoms with Crippen LogP contribution in [0.4, 0.5) is 0 Å². The van der Waals surface area contributed by atoms with Crippen LogP contribution in [0.25, 0.3) is 0 Å². The zero-order valence-electron chi connectivity index (χ0n) is 29.1. The van der Waals surface area contributed by atoms with Crippen LogP contribution in [0.15, 0.2) is 53.6 Å². The molecule has 0 aromatic heterocycles. The lowest BCUT2D eigenvalue weighted by Gasteiger charge is -2.59. The van der Waals surface area contributed by atoms with Gasteiger partial charge in [0.05, 0.1) is 6.42 Å². The van der Waals surface area contributed by atoms with Crippen LogP contribution in [-0.4, -0.2) is 73.1 Å². The molecule has 3 aliphatic rings. The van der Waals surface area contributed by atoms with Gasteiger partial charge in [-0.2, -0.15) is 0 Å². The maximum Gasteiger partial charge on any atom is 0.308 e. The van der Waals surface area contributed by atoms with Crippen molar-refractivity contribution in [2.24, 2.45) is 22.7 Å². The molecule has 1 aromatic rings. The SMILES string of the molecule is C=C1C2[C@H](OC(C)=O)C3CC(=O)C(C)=C([C@H](OC(C)=O)C(OC(C)=O)C2(C)CC[C@@H]1OC(=O)CC(c1ccccc1)N(C)C)C3(C)C. The van der Waals surface area contributed by atoms with E-state index in [2.05, 4.69) is 6.58 Å². The van der Waals surface area contributed by atoms with E-state index >= 15 is 0 Å². The van der Waals surface area contributed by atoms with Crippen LogP contribution in [0.3, 0.4) is 0 Å². The van der Waals surface area contributed by atoms with Gasteiger partial charge in [0.2, 0.25) is 0 Å². The summed E-state index contributed by atoms with van der Waals surface area (Å²) in [6.07, 6.45) is -2.89. The predicted molar refractivity (Wildman–Crippen MR) is 174 cm³/mol. The molecular weight excluding hydrogens is 602 g/mol. The molecule has 0 saturated heterocycles. The van der Waals surface area contributed by atoms with Gasteiger partial charge in [0.15, 0.2) is 11.9 Å². The minimum atomic E-state index is -1.08. The molecule has 0 N–H and O–H groups in total. The molecule has 10 nitrogen and oxygen atoms in total. The van der Waals surface area contributed by atoms with Crippen molar-refractivity contribution in [1.82, 2.24) is 4.90 Å². The van der Waals surface area contributed by atoms with Gasteiger partial charge in [0, 0.05) is 50.5 Å². The van der Waals surface area contributed by atoms with E-state index in [1.807, 2.05) is 70.1 Å². The Bertz CT molecular complexity index is 1460. The topological polar surface area (TPSA) is 126 Å². The maximum absolute atomic E-state index is 13.6. The highest BCUT2D eigenvalue weighted by molar-refractivity contribution is 5.97. The Hall–Kier alpha value is -3.79. The molecule has 0 amide bonds. The Kier molecular flexibility index (Phi) is 10.5. The maximum atomic E-state index is 13.6. The summed E-state index contributed by atoms with van der Waals surface area (Å²) in [5.41, 5.74) is 0.624. The lowest BCUT2D eigenvalue weighted by Crippen LogP contribution is -2.64. The van der Waals surface area contributed by atoms with Crippen molar-refractivity contribution in [2.75, 3.05) is 14.1 Å². The van der Waals surface area contributed by atoms with E-state index in [4.69, 9.17) is 18.9 Å². The molecule has 256 valence electrons. The third-order valence-electron chi connectivity index (χ3n) is 10.6. The van der Waals surface area contributed by atoms with Gasteiger partial charge in [0.25, 0.3) is 0 Å². The molecular formula is C37H49NO9. The first-order valence-electron chi connectivity index (χ1n) is 16.3. The van der Waals surface area contributed by atoms with E-state index in [1.165, 1.54) is 20.8 Å². The molecule has 8 atom stereocenters. The molecule has 0 radical (unpaired) electrons. The molecule has 4 rings (SSSR count). The van der Waals surface area contributed by atoms with Gasteiger partial charge in [-0.15, -0.1) is 0 Å². The molecule has 0 spiro atoms. The molecule has 5 unspecified atom stereocenters. The lowest BCUT2D eigenvalue weighted by atomic mass is 9.49. The minimum absolute atomic E-state index is 0.0806. The number of allylic oxidation sites excluding steroid dienone is 1. The number of benzene rings is 1. The zero-order valence-corrected chi connectivity index (χ0v) is 29.1. The van der Waals surface area contributed by atoms with Crippen molar-refractivity contribution in [1.29, 1.82) is 0 Å². The standard InChI is InChI=1S/C37H49NO9/c1-20-28(42)18-26-33(44-22(3)39)32-21(2)29(47-30(43)19-27(38(9)10)25-14-12-11-13-15-25)16-17-37(32,8)35(46-24(5)41)34(45-23(4)40)31(20)36(26,6)7/h11-15,26-27,29,32-35H,2,16-19H2,1,3-10H3/t26?,27?,29-,32?,33+,34-,35?,37?/m0/s1. The number of nitrogens with zero attached hydrogens (tertiary/aromatic N) is 1. The normalized spacial score (nSPS) is 30.8. The highest BCUT2D eigenvalue weighted by Gasteiger charge is 2.64. The average molecular weight is 652 g/mol. The first kappa shape index (κ1) is 36.1. The Morgan fingerprint density at radius 2 is 1.53 bits per heavy atom. The van der Waals surface area contributed by atoms with Crippen molar-refractivity contribution >= 4 is 29.7 Å². The van der Waals surface area contributed by atoms with Gasteiger partial charge < -0.3 is 23.8 Å². The largest absolute Gasteiger partial charge is 0.462 e. The third kappa shape index (κ3) is 7.08. The average Bonchev–Trinajstić information content (AvgIpc) is 2.96. The van der Waals surface area contributed by atoms with Crippen LogP contribution < -0.4 is 0 Å². The van der Waals surface area contributed by atoms with Crippen molar-refractivity contribution in [3.8, 4) is 0 Å². The number of rotatable bonds is 8. The number of hydrogen-bond donors (Lipinski definition) is 0. The van der Waals surface area contributed by atoms with E-state index in [0.29, 0.717) is 29.6 Å². The minimum Gasteiger partial charge on any atom is -0.462 e. The number of ether oxygens (including phenoxy) is 4. The van der Waals surface area contributed by atoms with Gasteiger partial charge in [-0.1, -0.05) is 57.7 Å². The van der Waals surface area contributed by atoms with Crippen molar-refractivity contribution < 1.29 is 42.9 Å². The highest BCUT2D eigenvalue weighted by Crippen LogP contribution is 2.60. The fourth-order valence-electron chi connectivity index (χ4n) is 8.38. The summed E-state index contributed by atoms with van der Waals surface area (Å²) < 4.78 is 24.4. The van der Waals surface area contributed by atoms with Crippen molar-refractivity contribution in [2.45, 2.75) is 105 Å². The fraction of sp³-hybridized carbons (Fsp3) is 0.595. The summed E-state index contributed by atoms with van der Waals surface area (Å²) >= 11 is 0. The summed E-state index contributed by atoms with van der Waals surface area (Å²) in [6, 6.07) is 9.48. The smallest absolute Gasteiger partial charge is 0.308 e. The van der Waals surface area contributed by atoms with E-state index in [-0.39, 0.29) is 24.7 Å². The Labute approximate surface area is 277 Å². The number of hydrogen-bond acceptors (Lipinski definition) is 10. The molecule has 3 aliphatic carbocycles. The molecule has 1 aromatic carbocycles. The van der Waals surface area contributed by atoms with Gasteiger partial charge in [-0.05, 0) is 61.6 Å².